The molecule has 1 aromatic heterocycles. The Balaban J connectivity index is 2.09. The topological polar surface area (TPSA) is 71.4 Å². The standard InChI is InChI=1S/C20H18N2O2/c21-16-11-13(14-5-2-4-8-19(14)24)12-18-20(16)15-6-1-3-7-17(15)22(18)9-10-23/h1-8,11-12,23-24H,9-10,21H2. The van der Waals surface area contributed by atoms with Gasteiger partial charge in [0.05, 0.1) is 12.1 Å². The van der Waals surface area contributed by atoms with E-state index < -0.39 is 0 Å². The normalized spacial score (nSPS) is 11.4. The molecule has 3 aromatic carbocycles. The molecule has 4 heteroatoms. The van der Waals surface area contributed by atoms with Crippen molar-refractivity contribution in [2.75, 3.05) is 12.3 Å². The smallest absolute Gasteiger partial charge is 0.123 e. The van der Waals surface area contributed by atoms with Crippen LogP contribution in [0, 0.1) is 0 Å². The largest absolute Gasteiger partial charge is 0.507 e. The Bertz CT molecular complexity index is 1050. The third-order valence-electron chi connectivity index (χ3n) is 4.44. The molecule has 24 heavy (non-hydrogen) atoms. The van der Waals surface area contributed by atoms with Crippen molar-refractivity contribution in [1.29, 1.82) is 0 Å². The van der Waals surface area contributed by atoms with E-state index in [0.717, 1.165) is 32.9 Å². The molecule has 0 radical (unpaired) electrons. The summed E-state index contributed by atoms with van der Waals surface area (Å²) < 4.78 is 2.07. The average molecular weight is 318 g/mol. The van der Waals surface area contributed by atoms with E-state index >= 15 is 0 Å². The number of aromatic nitrogens is 1. The number of anilines is 1. The molecule has 0 unspecified atom stereocenters. The number of phenols is 1. The number of nitrogens with two attached hydrogens (primary N) is 1. The highest BCUT2D eigenvalue weighted by molar-refractivity contribution is 6.14. The van der Waals surface area contributed by atoms with E-state index in [9.17, 15) is 10.2 Å². The number of aliphatic hydroxyl groups excluding tert-OH is 1. The van der Waals surface area contributed by atoms with Gasteiger partial charge in [0.25, 0.3) is 0 Å². The number of benzene rings is 3. The highest BCUT2D eigenvalue weighted by Gasteiger charge is 2.15. The SMILES string of the molecule is Nc1cc(-c2ccccc2O)cc2c1c1ccccc1n2CCO. The molecule has 0 aliphatic carbocycles. The Morgan fingerprint density at radius 2 is 1.67 bits per heavy atom. The first-order valence-corrected chi connectivity index (χ1v) is 7.90. The van der Waals surface area contributed by atoms with Gasteiger partial charge in [0.2, 0.25) is 0 Å². The van der Waals surface area contributed by atoms with Gasteiger partial charge in [-0.25, -0.2) is 0 Å². The minimum atomic E-state index is 0.0501. The fourth-order valence-electron chi connectivity index (χ4n) is 3.42. The number of aliphatic hydroxyl groups is 1. The van der Waals surface area contributed by atoms with Crippen molar-refractivity contribution in [3.8, 4) is 16.9 Å². The molecule has 4 nitrogen and oxygen atoms in total. The maximum atomic E-state index is 10.2. The summed E-state index contributed by atoms with van der Waals surface area (Å²) in [4.78, 5) is 0. The number of hydrogen-bond acceptors (Lipinski definition) is 3. The summed E-state index contributed by atoms with van der Waals surface area (Å²) in [6.07, 6.45) is 0. The zero-order valence-corrected chi connectivity index (χ0v) is 13.1. The van der Waals surface area contributed by atoms with Crippen LogP contribution in [-0.4, -0.2) is 21.4 Å². The van der Waals surface area contributed by atoms with E-state index in [2.05, 4.69) is 4.57 Å². The predicted molar refractivity (Wildman–Crippen MR) is 98.0 cm³/mol. The summed E-state index contributed by atoms with van der Waals surface area (Å²) in [5, 5.41) is 21.7. The van der Waals surface area contributed by atoms with Crippen LogP contribution in [0.5, 0.6) is 5.75 Å². The van der Waals surface area contributed by atoms with E-state index in [0.29, 0.717) is 12.2 Å². The number of hydrogen-bond donors (Lipinski definition) is 3. The van der Waals surface area contributed by atoms with Gasteiger partial charge in [0, 0.05) is 34.1 Å². The minimum absolute atomic E-state index is 0.0501. The number of aromatic hydroxyl groups is 1. The summed E-state index contributed by atoms with van der Waals surface area (Å²) in [6.45, 7) is 0.544. The van der Waals surface area contributed by atoms with Crippen LogP contribution in [0.15, 0.2) is 60.7 Å². The maximum Gasteiger partial charge on any atom is 0.123 e. The fourth-order valence-corrected chi connectivity index (χ4v) is 3.42. The zero-order valence-electron chi connectivity index (χ0n) is 13.1. The van der Waals surface area contributed by atoms with Crippen molar-refractivity contribution in [3.05, 3.63) is 60.7 Å². The molecule has 120 valence electrons. The van der Waals surface area contributed by atoms with Gasteiger partial charge in [-0.05, 0) is 29.8 Å². The van der Waals surface area contributed by atoms with Crippen LogP contribution in [0.2, 0.25) is 0 Å². The van der Waals surface area contributed by atoms with Crippen LogP contribution >= 0.6 is 0 Å². The van der Waals surface area contributed by atoms with Crippen LogP contribution in [-0.2, 0) is 6.54 Å². The van der Waals surface area contributed by atoms with Crippen molar-refractivity contribution >= 4 is 27.5 Å². The molecule has 0 fully saturated rings. The second-order valence-corrected chi connectivity index (χ2v) is 5.87. The lowest BCUT2D eigenvalue weighted by Gasteiger charge is -2.09. The van der Waals surface area contributed by atoms with Crippen LogP contribution in [0.3, 0.4) is 0 Å². The predicted octanol–water partition coefficient (Wildman–Crippen LogP) is 3.74. The van der Waals surface area contributed by atoms with Crippen molar-refractivity contribution in [3.63, 3.8) is 0 Å². The highest BCUT2D eigenvalue weighted by Crippen LogP contribution is 2.38. The maximum absolute atomic E-state index is 10.2. The summed E-state index contributed by atoms with van der Waals surface area (Å²) in [6, 6.07) is 19.2. The number of nitrogens with zero attached hydrogens (tertiary/aromatic N) is 1. The molecule has 0 aliphatic rings. The minimum Gasteiger partial charge on any atom is -0.507 e. The third-order valence-corrected chi connectivity index (χ3v) is 4.44. The first-order chi connectivity index (χ1) is 11.7. The van der Waals surface area contributed by atoms with Gasteiger partial charge in [-0.15, -0.1) is 0 Å². The number of rotatable bonds is 3. The average Bonchev–Trinajstić information content (AvgIpc) is 2.90. The second kappa shape index (κ2) is 5.58. The Kier molecular flexibility index (Phi) is 3.40. The first-order valence-electron chi connectivity index (χ1n) is 7.90. The number of para-hydroxylation sites is 2. The highest BCUT2D eigenvalue weighted by atomic mass is 16.3. The molecular formula is C20H18N2O2. The monoisotopic (exact) mass is 318 g/mol. The molecule has 0 aliphatic heterocycles. The molecule has 0 bridgehead atoms. The number of phenolic OH excluding ortho intramolecular Hbond substituents is 1. The quantitative estimate of drug-likeness (QED) is 0.504. The molecule has 0 saturated heterocycles. The van der Waals surface area contributed by atoms with Crippen molar-refractivity contribution < 1.29 is 10.2 Å². The van der Waals surface area contributed by atoms with Gasteiger partial charge in [-0.1, -0.05) is 36.4 Å². The lowest BCUT2D eigenvalue weighted by molar-refractivity contribution is 0.280. The van der Waals surface area contributed by atoms with Crippen LogP contribution in [0.25, 0.3) is 32.9 Å². The third kappa shape index (κ3) is 2.12. The van der Waals surface area contributed by atoms with E-state index in [1.165, 1.54) is 0 Å². The van der Waals surface area contributed by atoms with Crippen molar-refractivity contribution in [1.82, 2.24) is 4.57 Å². The number of nitrogen functional groups attached to an aromatic ring is 1. The van der Waals surface area contributed by atoms with Gasteiger partial charge < -0.3 is 20.5 Å². The molecule has 0 spiro atoms. The Morgan fingerprint density at radius 3 is 2.46 bits per heavy atom. The molecule has 0 amide bonds. The van der Waals surface area contributed by atoms with Gasteiger partial charge in [-0.3, -0.25) is 0 Å². The number of fused-ring (bicyclic) bond motifs is 3. The fraction of sp³-hybridized carbons (Fsp3) is 0.100. The van der Waals surface area contributed by atoms with E-state index in [4.69, 9.17) is 5.73 Å². The van der Waals surface area contributed by atoms with Gasteiger partial charge in [0.1, 0.15) is 5.75 Å². The van der Waals surface area contributed by atoms with Crippen LogP contribution < -0.4 is 5.73 Å². The van der Waals surface area contributed by atoms with Crippen molar-refractivity contribution in [2.24, 2.45) is 0 Å². The van der Waals surface area contributed by atoms with Gasteiger partial charge >= 0.3 is 0 Å². The lowest BCUT2D eigenvalue weighted by atomic mass is 10.0. The van der Waals surface area contributed by atoms with E-state index in [1.807, 2.05) is 48.5 Å². The zero-order chi connectivity index (χ0) is 16.7. The van der Waals surface area contributed by atoms with Crippen LogP contribution in [0.1, 0.15) is 0 Å². The Hall–Kier alpha value is -2.98. The summed E-state index contributed by atoms with van der Waals surface area (Å²) >= 11 is 0. The molecule has 1 heterocycles. The summed E-state index contributed by atoms with van der Waals surface area (Å²) in [5.41, 5.74) is 10.6. The second-order valence-electron chi connectivity index (χ2n) is 5.87. The molecular weight excluding hydrogens is 300 g/mol. The summed E-state index contributed by atoms with van der Waals surface area (Å²) in [7, 11) is 0. The molecule has 0 saturated carbocycles. The Morgan fingerprint density at radius 1 is 0.917 bits per heavy atom. The van der Waals surface area contributed by atoms with Crippen molar-refractivity contribution in [2.45, 2.75) is 6.54 Å². The molecule has 4 N–H and O–H groups in total. The van der Waals surface area contributed by atoms with Crippen LogP contribution in [0.4, 0.5) is 5.69 Å². The molecule has 4 rings (SSSR count). The molecule has 4 aromatic rings. The van der Waals surface area contributed by atoms with Gasteiger partial charge in [0.15, 0.2) is 0 Å². The molecule has 0 atom stereocenters. The Labute approximate surface area is 139 Å². The van der Waals surface area contributed by atoms with Gasteiger partial charge in [-0.2, -0.15) is 0 Å². The first kappa shape index (κ1) is 14.6. The van der Waals surface area contributed by atoms with E-state index in [-0.39, 0.29) is 12.4 Å². The van der Waals surface area contributed by atoms with E-state index in [1.54, 1.807) is 12.1 Å². The summed E-state index contributed by atoms with van der Waals surface area (Å²) in [5.74, 6) is 0.223. The lowest BCUT2D eigenvalue weighted by Crippen LogP contribution is -2.01.